The van der Waals surface area contributed by atoms with Crippen LogP contribution >= 0.6 is 18.7 Å². The van der Waals surface area contributed by atoms with E-state index in [0.717, 1.165) is 31.7 Å². The van der Waals surface area contributed by atoms with Crippen LogP contribution in [0.25, 0.3) is 0 Å². The van der Waals surface area contributed by atoms with Crippen LogP contribution in [0.3, 0.4) is 0 Å². The third-order valence-corrected chi connectivity index (χ3v) is 9.42. The van der Waals surface area contributed by atoms with E-state index >= 15 is 0 Å². The van der Waals surface area contributed by atoms with Gasteiger partial charge in [-0.1, -0.05) is 23.7 Å². The van der Waals surface area contributed by atoms with Crippen LogP contribution in [0, 0.1) is 5.41 Å². The Labute approximate surface area is 230 Å². The molecule has 0 unspecified atom stereocenters. The highest BCUT2D eigenvalue weighted by molar-refractivity contribution is 7.70. The number of benzene rings is 2. The summed E-state index contributed by atoms with van der Waals surface area (Å²) in [7, 11) is -2.60. The van der Waals surface area contributed by atoms with Gasteiger partial charge >= 0.3 is 6.18 Å². The van der Waals surface area contributed by atoms with Crippen LogP contribution < -0.4 is 26.6 Å². The summed E-state index contributed by atoms with van der Waals surface area (Å²) in [6.07, 6.45) is 0.425. The Balaban J connectivity index is 1.37. The van der Waals surface area contributed by atoms with E-state index in [-0.39, 0.29) is 39.6 Å². The summed E-state index contributed by atoms with van der Waals surface area (Å²) in [5.74, 6) is 0.304. The maximum Gasteiger partial charge on any atom is 0.418 e. The Hall–Kier alpha value is -2.81. The highest BCUT2D eigenvalue weighted by Gasteiger charge is 2.45. The van der Waals surface area contributed by atoms with Crippen LogP contribution in [0.2, 0.25) is 5.02 Å². The fourth-order valence-electron chi connectivity index (χ4n) is 5.62. The van der Waals surface area contributed by atoms with Gasteiger partial charge in [-0.25, -0.2) is 4.98 Å². The smallest absolute Gasteiger partial charge is 0.371 e. The summed E-state index contributed by atoms with van der Waals surface area (Å²) >= 11 is 6.30. The molecule has 2 aliphatic rings. The van der Waals surface area contributed by atoms with Crippen molar-refractivity contribution in [2.75, 3.05) is 42.0 Å². The molecule has 12 heteroatoms. The molecule has 4 N–H and O–H groups in total. The quantitative estimate of drug-likeness (QED) is 0.284. The molecule has 3 aromatic rings. The Morgan fingerprint density at radius 1 is 1.10 bits per heavy atom. The van der Waals surface area contributed by atoms with Gasteiger partial charge in [0.1, 0.15) is 12.2 Å². The monoisotopic (exact) mass is 578 g/mol. The van der Waals surface area contributed by atoms with Gasteiger partial charge in [0.25, 0.3) is 0 Å². The number of piperidine rings is 1. The Kier molecular flexibility index (Phi) is 7.33. The van der Waals surface area contributed by atoms with E-state index in [1.165, 1.54) is 12.3 Å². The molecule has 0 radical (unpaired) electrons. The zero-order valence-corrected chi connectivity index (χ0v) is 23.4. The number of hydrogen-bond acceptors (Lipinski definition) is 7. The van der Waals surface area contributed by atoms with Crippen molar-refractivity contribution in [2.24, 2.45) is 11.1 Å². The first-order valence-corrected chi connectivity index (χ1v) is 15.7. The Morgan fingerprint density at radius 2 is 1.79 bits per heavy atom. The number of nitrogens with zero attached hydrogens (tertiary/aromatic N) is 3. The molecule has 208 valence electrons. The summed E-state index contributed by atoms with van der Waals surface area (Å²) in [5.41, 5.74) is 6.40. The van der Waals surface area contributed by atoms with Gasteiger partial charge in [-0.15, -0.1) is 0 Å². The van der Waals surface area contributed by atoms with Crippen molar-refractivity contribution in [3.8, 4) is 0 Å². The second-order valence-corrected chi connectivity index (χ2v) is 14.5. The lowest BCUT2D eigenvalue weighted by Crippen LogP contribution is -2.52. The van der Waals surface area contributed by atoms with Crippen molar-refractivity contribution in [1.29, 1.82) is 0 Å². The molecule has 1 saturated heterocycles. The molecule has 0 bridgehead atoms. The lowest BCUT2D eigenvalue weighted by molar-refractivity contribution is -0.137. The fourth-order valence-corrected chi connectivity index (χ4v) is 6.91. The molecule has 2 heterocycles. The number of alkyl halides is 3. The maximum absolute atomic E-state index is 14.1. The highest BCUT2D eigenvalue weighted by Crippen LogP contribution is 2.50. The molecule has 7 nitrogen and oxygen atoms in total. The molecule has 2 aromatic carbocycles. The molecule has 2 fully saturated rings. The minimum absolute atomic E-state index is 0.0673. The molecule has 1 aliphatic carbocycles. The first kappa shape index (κ1) is 27.7. The molecule has 5 rings (SSSR count). The second-order valence-electron chi connectivity index (χ2n) is 10.9. The summed E-state index contributed by atoms with van der Waals surface area (Å²) in [5, 5.41) is 6.80. The minimum atomic E-state index is -4.54. The highest BCUT2D eigenvalue weighted by atomic mass is 35.5. The van der Waals surface area contributed by atoms with Crippen molar-refractivity contribution < 1.29 is 17.7 Å². The van der Waals surface area contributed by atoms with Crippen LogP contribution in [0.15, 0.2) is 48.7 Å². The maximum atomic E-state index is 14.1. The van der Waals surface area contributed by atoms with Crippen molar-refractivity contribution in [3.63, 3.8) is 0 Å². The Morgan fingerprint density at radius 3 is 2.44 bits per heavy atom. The van der Waals surface area contributed by atoms with E-state index in [1.54, 1.807) is 43.7 Å². The van der Waals surface area contributed by atoms with Crippen LogP contribution in [0.5, 0.6) is 0 Å². The van der Waals surface area contributed by atoms with Crippen LogP contribution in [0.4, 0.5) is 42.0 Å². The minimum Gasteiger partial charge on any atom is -0.371 e. The number of hydrogen-bond donors (Lipinski definition) is 3. The SMILES string of the molecule is CP(C)(=O)c1ccccc1Nc1nc(Nc2ccc(N3CCC4(CC3)CC(N)C4)c(C(F)(F)F)c2)ncc1Cl. The van der Waals surface area contributed by atoms with E-state index in [1.807, 2.05) is 4.90 Å². The van der Waals surface area contributed by atoms with Gasteiger partial charge in [-0.3, -0.25) is 0 Å². The third kappa shape index (κ3) is 6.03. The van der Waals surface area contributed by atoms with E-state index < -0.39 is 18.9 Å². The van der Waals surface area contributed by atoms with Crippen LogP contribution in [-0.2, 0) is 10.7 Å². The van der Waals surface area contributed by atoms with Gasteiger partial charge in [0.05, 0.1) is 17.4 Å². The molecule has 1 aromatic heterocycles. The number of halogens is 4. The van der Waals surface area contributed by atoms with Crippen molar-refractivity contribution >= 4 is 52.9 Å². The molecule has 0 amide bonds. The average Bonchev–Trinajstić information content (AvgIpc) is 2.85. The largest absolute Gasteiger partial charge is 0.418 e. The third-order valence-electron chi connectivity index (χ3n) is 7.59. The molecule has 1 aliphatic heterocycles. The summed E-state index contributed by atoms with van der Waals surface area (Å²) in [6.45, 7) is 4.47. The first-order valence-electron chi connectivity index (χ1n) is 12.8. The molecule has 1 spiro atoms. The zero-order valence-electron chi connectivity index (χ0n) is 21.7. The number of aromatic nitrogens is 2. The molecule has 0 atom stereocenters. The number of nitrogens with one attached hydrogen (secondary N) is 2. The van der Waals surface area contributed by atoms with Gasteiger partial charge < -0.3 is 25.8 Å². The fraction of sp³-hybridized carbons (Fsp3) is 0.407. The normalized spacial score (nSPS) is 17.7. The first-order chi connectivity index (χ1) is 18.3. The van der Waals surface area contributed by atoms with Crippen molar-refractivity contribution in [1.82, 2.24) is 9.97 Å². The van der Waals surface area contributed by atoms with Crippen LogP contribution in [0.1, 0.15) is 31.2 Å². The van der Waals surface area contributed by atoms with Gasteiger partial charge in [-0.05, 0) is 74.8 Å². The zero-order chi connectivity index (χ0) is 28.0. The number of rotatable bonds is 6. The topological polar surface area (TPSA) is 96.2 Å². The number of nitrogens with two attached hydrogens (primary N) is 1. The molecular formula is C27H31ClF3N6OP. The lowest BCUT2D eigenvalue weighted by Gasteiger charge is -2.51. The van der Waals surface area contributed by atoms with Gasteiger partial charge in [0, 0.05) is 35.8 Å². The number of para-hydroxylation sites is 1. The van der Waals surface area contributed by atoms with E-state index in [0.29, 0.717) is 24.1 Å². The van der Waals surface area contributed by atoms with E-state index in [2.05, 4.69) is 20.6 Å². The average molecular weight is 579 g/mol. The predicted molar refractivity (Wildman–Crippen MR) is 152 cm³/mol. The van der Waals surface area contributed by atoms with Gasteiger partial charge in [-0.2, -0.15) is 18.2 Å². The Bertz CT molecular complexity index is 1410. The number of anilines is 5. The van der Waals surface area contributed by atoms with Crippen molar-refractivity contribution in [3.05, 3.63) is 59.2 Å². The van der Waals surface area contributed by atoms with E-state index in [4.69, 9.17) is 17.3 Å². The summed E-state index contributed by atoms with van der Waals surface area (Å²) in [6, 6.07) is 11.5. The lowest BCUT2D eigenvalue weighted by atomic mass is 9.60. The summed E-state index contributed by atoms with van der Waals surface area (Å²) < 4.78 is 55.2. The van der Waals surface area contributed by atoms with Crippen LogP contribution in [-0.4, -0.2) is 42.4 Å². The standard InChI is InChI=1S/C27H31ClF3N6OP/c1-39(2,38)23-6-4-3-5-21(23)35-24-20(28)16-33-25(36-24)34-18-7-8-22(19(13-18)27(29,30)31)37-11-9-26(10-12-37)14-17(32)15-26/h3-8,13,16-17H,9-12,14-15,32H2,1-2H3,(H2,33,34,35,36). The van der Waals surface area contributed by atoms with E-state index in [9.17, 15) is 17.7 Å². The van der Waals surface area contributed by atoms with Crippen molar-refractivity contribution in [2.45, 2.75) is 37.9 Å². The molecule has 39 heavy (non-hydrogen) atoms. The molecular weight excluding hydrogens is 548 g/mol. The predicted octanol–water partition coefficient (Wildman–Crippen LogP) is 6.59. The molecule has 1 saturated carbocycles. The van der Waals surface area contributed by atoms with Gasteiger partial charge in [0.2, 0.25) is 5.95 Å². The second kappa shape index (κ2) is 10.3. The van der Waals surface area contributed by atoms with Gasteiger partial charge in [0.15, 0.2) is 5.82 Å². The summed E-state index contributed by atoms with van der Waals surface area (Å²) in [4.78, 5) is 10.3.